The van der Waals surface area contributed by atoms with Crippen molar-refractivity contribution in [3.8, 4) is 0 Å². The molecule has 0 aromatic heterocycles. The van der Waals surface area contributed by atoms with Crippen LogP contribution in [0.15, 0.2) is 11.9 Å². The van der Waals surface area contributed by atoms with Crippen LogP contribution in [0.1, 0.15) is 6.92 Å². The second kappa shape index (κ2) is 2.34. The summed E-state index contributed by atoms with van der Waals surface area (Å²) < 4.78 is 11.1. The van der Waals surface area contributed by atoms with Gasteiger partial charge in [0.15, 0.2) is 0 Å². The predicted molar refractivity (Wildman–Crippen MR) is 22.5 cm³/mol. The molecule has 7 heavy (non-hydrogen) atoms. The van der Waals surface area contributed by atoms with Gasteiger partial charge in [-0.3, -0.25) is 0 Å². The Morgan fingerprint density at radius 1 is 1.86 bits per heavy atom. The molecule has 3 heteroatoms. The summed E-state index contributed by atoms with van der Waals surface area (Å²) in [4.78, 5) is 9.62. The Hall–Kier alpha value is -0.860. The van der Waals surface area contributed by atoms with Crippen molar-refractivity contribution in [2.24, 2.45) is 0 Å². The average molecular weight is 104 g/mol. The fraction of sp³-hybridized carbons (Fsp3) is 0.250. The SMILES string of the molecule is CC(=CF)C(=O)O. The number of hydrogen-bond donors (Lipinski definition) is 1. The number of rotatable bonds is 1. The van der Waals surface area contributed by atoms with Crippen LogP contribution < -0.4 is 0 Å². The number of carbonyl (C=O) groups is 1. The Morgan fingerprint density at radius 2 is 2.29 bits per heavy atom. The highest BCUT2D eigenvalue weighted by atomic mass is 19.1. The fourth-order valence-electron chi connectivity index (χ4n) is 0.0467. The third-order valence-electron chi connectivity index (χ3n) is 0.501. The molecule has 0 aromatic rings. The van der Waals surface area contributed by atoms with E-state index < -0.39 is 5.97 Å². The van der Waals surface area contributed by atoms with Crippen LogP contribution in [0.4, 0.5) is 4.39 Å². The lowest BCUT2D eigenvalue weighted by molar-refractivity contribution is -0.132. The Labute approximate surface area is 40.3 Å². The van der Waals surface area contributed by atoms with Crippen molar-refractivity contribution in [2.75, 3.05) is 0 Å². The lowest BCUT2D eigenvalue weighted by Crippen LogP contribution is -1.93. The minimum absolute atomic E-state index is 0.0579. The van der Waals surface area contributed by atoms with Gasteiger partial charge in [0.25, 0.3) is 0 Å². The Morgan fingerprint density at radius 3 is 2.29 bits per heavy atom. The summed E-state index contributed by atoms with van der Waals surface area (Å²) in [6.45, 7) is 1.18. The molecule has 0 rings (SSSR count). The molecule has 0 fully saturated rings. The van der Waals surface area contributed by atoms with E-state index in [9.17, 15) is 9.18 Å². The first-order valence-corrected chi connectivity index (χ1v) is 1.68. The van der Waals surface area contributed by atoms with Crippen molar-refractivity contribution in [3.05, 3.63) is 11.9 Å². The van der Waals surface area contributed by atoms with Crippen LogP contribution in [-0.2, 0) is 4.79 Å². The van der Waals surface area contributed by atoms with Gasteiger partial charge in [0.2, 0.25) is 0 Å². The van der Waals surface area contributed by atoms with Gasteiger partial charge in [0.1, 0.15) is 0 Å². The lowest BCUT2D eigenvalue weighted by Gasteiger charge is -1.81. The van der Waals surface area contributed by atoms with Crippen molar-refractivity contribution >= 4 is 5.97 Å². The fourth-order valence-corrected chi connectivity index (χ4v) is 0.0467. The van der Waals surface area contributed by atoms with Gasteiger partial charge in [0.05, 0.1) is 11.9 Å². The third kappa shape index (κ3) is 1.92. The molecule has 0 aliphatic heterocycles. The quantitative estimate of drug-likeness (QED) is 0.503. The highest BCUT2D eigenvalue weighted by Gasteiger charge is 1.95. The van der Waals surface area contributed by atoms with Gasteiger partial charge in [-0.05, 0) is 6.92 Å². The lowest BCUT2D eigenvalue weighted by atomic mass is 10.4. The first kappa shape index (κ1) is 6.14. The molecule has 1 N–H and O–H groups in total. The monoisotopic (exact) mass is 104 g/mol. The minimum atomic E-state index is -1.22. The van der Waals surface area contributed by atoms with E-state index in [1.165, 1.54) is 6.92 Å². The molecule has 0 unspecified atom stereocenters. The molecule has 2 nitrogen and oxygen atoms in total. The van der Waals surface area contributed by atoms with Crippen molar-refractivity contribution in [2.45, 2.75) is 6.92 Å². The van der Waals surface area contributed by atoms with E-state index in [0.717, 1.165) is 0 Å². The van der Waals surface area contributed by atoms with Crippen molar-refractivity contribution in [1.82, 2.24) is 0 Å². The number of carboxylic acids is 1. The summed E-state index contributed by atoms with van der Waals surface area (Å²) in [6, 6.07) is 0. The van der Waals surface area contributed by atoms with Gasteiger partial charge in [-0.2, -0.15) is 0 Å². The summed E-state index contributed by atoms with van der Waals surface area (Å²) in [5, 5.41) is 7.87. The number of halogens is 1. The second-order valence-corrected chi connectivity index (χ2v) is 1.10. The van der Waals surface area contributed by atoms with E-state index >= 15 is 0 Å². The van der Waals surface area contributed by atoms with Gasteiger partial charge in [-0.15, -0.1) is 0 Å². The van der Waals surface area contributed by atoms with E-state index in [-0.39, 0.29) is 11.9 Å². The van der Waals surface area contributed by atoms with Crippen molar-refractivity contribution < 1.29 is 14.3 Å². The molecule has 0 bridgehead atoms. The van der Waals surface area contributed by atoms with Crippen LogP contribution in [0.5, 0.6) is 0 Å². The van der Waals surface area contributed by atoms with Gasteiger partial charge in [-0.1, -0.05) is 0 Å². The van der Waals surface area contributed by atoms with Crippen LogP contribution in [0.25, 0.3) is 0 Å². The van der Waals surface area contributed by atoms with E-state index in [1.807, 2.05) is 0 Å². The molecular weight excluding hydrogens is 99.0 g/mol. The van der Waals surface area contributed by atoms with Crippen LogP contribution in [0, 0.1) is 0 Å². The topological polar surface area (TPSA) is 37.3 Å². The maximum atomic E-state index is 11.1. The molecule has 0 amide bonds. The van der Waals surface area contributed by atoms with E-state index in [2.05, 4.69) is 0 Å². The molecule has 0 aromatic carbocycles. The highest BCUT2D eigenvalue weighted by Crippen LogP contribution is 1.89. The zero-order chi connectivity index (χ0) is 5.86. The Kier molecular flexibility index (Phi) is 2.05. The molecule has 40 valence electrons. The molecule has 0 aliphatic rings. The first-order valence-electron chi connectivity index (χ1n) is 1.68. The summed E-state index contributed by atoms with van der Waals surface area (Å²) in [7, 11) is 0. The van der Waals surface area contributed by atoms with E-state index in [4.69, 9.17) is 5.11 Å². The standard InChI is InChI=1S/C4H5FO2/c1-3(2-5)4(6)7/h2H,1H3,(H,6,7). The number of aliphatic carboxylic acids is 1. The normalized spacial score (nSPS) is 11.4. The van der Waals surface area contributed by atoms with E-state index in [1.54, 1.807) is 0 Å². The zero-order valence-corrected chi connectivity index (χ0v) is 3.81. The maximum absolute atomic E-state index is 11.1. The van der Waals surface area contributed by atoms with E-state index in [0.29, 0.717) is 0 Å². The molecule has 0 spiro atoms. The third-order valence-corrected chi connectivity index (χ3v) is 0.501. The van der Waals surface area contributed by atoms with Crippen LogP contribution in [0.2, 0.25) is 0 Å². The van der Waals surface area contributed by atoms with Gasteiger partial charge in [-0.25, -0.2) is 9.18 Å². The molecule has 0 aliphatic carbocycles. The largest absolute Gasteiger partial charge is 0.478 e. The molecule has 0 saturated heterocycles. The van der Waals surface area contributed by atoms with Crippen LogP contribution in [0.3, 0.4) is 0 Å². The second-order valence-electron chi connectivity index (χ2n) is 1.10. The Bertz CT molecular complexity index is 106. The van der Waals surface area contributed by atoms with Crippen LogP contribution >= 0.6 is 0 Å². The van der Waals surface area contributed by atoms with Gasteiger partial charge in [0, 0.05) is 0 Å². The molecular formula is C4H5FO2. The first-order chi connectivity index (χ1) is 3.18. The maximum Gasteiger partial charge on any atom is 0.333 e. The Balaban J connectivity index is 3.82. The predicted octanol–water partition coefficient (Wildman–Crippen LogP) is 0.944. The molecule has 0 atom stereocenters. The average Bonchev–Trinajstić information content (AvgIpc) is 1.65. The molecule has 0 saturated carbocycles. The number of carboxylic acid groups (broad SMARTS) is 1. The van der Waals surface area contributed by atoms with Crippen LogP contribution in [-0.4, -0.2) is 11.1 Å². The van der Waals surface area contributed by atoms with Gasteiger partial charge >= 0.3 is 5.97 Å². The van der Waals surface area contributed by atoms with Gasteiger partial charge < -0.3 is 5.11 Å². The zero-order valence-electron chi connectivity index (χ0n) is 3.81. The molecule has 0 radical (unpaired) electrons. The minimum Gasteiger partial charge on any atom is -0.478 e. The summed E-state index contributed by atoms with van der Waals surface area (Å²) in [5.41, 5.74) is -0.278. The smallest absolute Gasteiger partial charge is 0.333 e. The summed E-state index contributed by atoms with van der Waals surface area (Å²) in [5.74, 6) is -1.22. The van der Waals surface area contributed by atoms with Crippen molar-refractivity contribution in [3.63, 3.8) is 0 Å². The summed E-state index contributed by atoms with van der Waals surface area (Å²) in [6.07, 6.45) is 0.0579. The summed E-state index contributed by atoms with van der Waals surface area (Å²) >= 11 is 0. The van der Waals surface area contributed by atoms with Crippen molar-refractivity contribution in [1.29, 1.82) is 0 Å². The number of hydrogen-bond acceptors (Lipinski definition) is 1. The highest BCUT2D eigenvalue weighted by molar-refractivity contribution is 5.85. The molecule has 0 heterocycles.